The van der Waals surface area contributed by atoms with Gasteiger partial charge < -0.3 is 5.11 Å². The minimum Gasteiger partial charge on any atom is -0.494 e. The average molecular weight is 518 g/mol. The number of ketones is 1. The molecule has 0 atom stereocenters. The summed E-state index contributed by atoms with van der Waals surface area (Å²) in [5.74, 6) is -0.429. The van der Waals surface area contributed by atoms with Gasteiger partial charge in [0.1, 0.15) is 0 Å². The van der Waals surface area contributed by atoms with Crippen molar-refractivity contribution >= 4 is 38.5 Å². The molecular weight excluding hydrogens is 490 g/mol. The number of aromatic hydroxyl groups is 1. The number of rotatable bonds is 8. The van der Waals surface area contributed by atoms with Gasteiger partial charge in [-0.3, -0.25) is 14.6 Å². The Kier molecular flexibility index (Phi) is 7.37. The average Bonchev–Trinajstić information content (AvgIpc) is 2.89. The fourth-order valence-electron chi connectivity index (χ4n) is 4.15. The molecule has 190 valence electrons. The van der Waals surface area contributed by atoms with Crippen molar-refractivity contribution in [2.24, 2.45) is 4.99 Å². The molecule has 3 aromatic carbocycles. The van der Waals surface area contributed by atoms with Gasteiger partial charge in [0.15, 0.2) is 5.78 Å². The number of carbonyl (C=O) groups excluding carboxylic acids is 1. The number of sulfonamides is 1. The molecule has 1 aromatic heterocycles. The molecule has 1 heterocycles. The number of benzene rings is 3. The van der Waals surface area contributed by atoms with Crippen LogP contribution in [0.5, 0.6) is 5.88 Å². The van der Waals surface area contributed by atoms with Gasteiger partial charge in [0.25, 0.3) is 5.56 Å². The van der Waals surface area contributed by atoms with Gasteiger partial charge in [0.05, 0.1) is 21.8 Å². The zero-order chi connectivity index (χ0) is 26.7. The van der Waals surface area contributed by atoms with Crippen molar-refractivity contribution < 1.29 is 18.3 Å². The van der Waals surface area contributed by atoms with Gasteiger partial charge in [-0.1, -0.05) is 38.1 Å². The number of pyridine rings is 1. The Morgan fingerprint density at radius 3 is 2.24 bits per heavy atom. The fourth-order valence-corrected chi connectivity index (χ4v) is 5.64. The SMILES string of the molecule is CCN(CC)S(=O)(=O)c1cccc(-n2c(O)c(C=Nc3ccc(C(C)=O)cc3)c3ccccc3c2=O)c1. The number of hydrogen-bond acceptors (Lipinski definition) is 6. The van der Waals surface area contributed by atoms with Gasteiger partial charge >= 0.3 is 0 Å². The van der Waals surface area contributed by atoms with Crippen molar-refractivity contribution in [1.82, 2.24) is 8.87 Å². The van der Waals surface area contributed by atoms with E-state index in [1.165, 1.54) is 35.6 Å². The Hall–Kier alpha value is -4.08. The molecule has 0 saturated carbocycles. The lowest BCUT2D eigenvalue weighted by atomic mass is 10.1. The van der Waals surface area contributed by atoms with Crippen LogP contribution in [-0.2, 0) is 10.0 Å². The summed E-state index contributed by atoms with van der Waals surface area (Å²) in [6, 6.07) is 19.5. The third kappa shape index (κ3) is 4.96. The van der Waals surface area contributed by atoms with Crippen LogP contribution in [0.3, 0.4) is 0 Å². The van der Waals surface area contributed by atoms with Gasteiger partial charge in [0.2, 0.25) is 15.9 Å². The number of carbonyl (C=O) groups is 1. The lowest BCUT2D eigenvalue weighted by Gasteiger charge is -2.19. The van der Waals surface area contributed by atoms with E-state index in [2.05, 4.69) is 4.99 Å². The molecule has 0 amide bonds. The topological polar surface area (TPSA) is 109 Å². The number of hydrogen-bond donors (Lipinski definition) is 1. The van der Waals surface area contributed by atoms with Crippen molar-refractivity contribution in [2.45, 2.75) is 25.7 Å². The molecule has 0 spiro atoms. The molecule has 0 aliphatic heterocycles. The van der Waals surface area contributed by atoms with Crippen LogP contribution < -0.4 is 5.56 Å². The van der Waals surface area contributed by atoms with Gasteiger partial charge in [0, 0.05) is 35.6 Å². The molecule has 0 radical (unpaired) electrons. The molecule has 0 fully saturated rings. The van der Waals surface area contributed by atoms with Crippen LogP contribution in [-0.4, -0.2) is 47.5 Å². The van der Waals surface area contributed by atoms with E-state index in [4.69, 9.17) is 0 Å². The lowest BCUT2D eigenvalue weighted by Crippen LogP contribution is -2.30. The van der Waals surface area contributed by atoms with Crippen molar-refractivity contribution in [3.05, 3.63) is 94.3 Å². The first-order valence-corrected chi connectivity index (χ1v) is 13.3. The Labute approximate surface area is 215 Å². The van der Waals surface area contributed by atoms with E-state index in [0.29, 0.717) is 40.7 Å². The van der Waals surface area contributed by atoms with Crippen LogP contribution in [0.2, 0.25) is 0 Å². The second kappa shape index (κ2) is 10.5. The Bertz CT molecular complexity index is 1670. The standard InChI is InChI=1S/C28H27N3O5S/c1-4-30(5-2)37(35,36)23-10-8-9-22(17-23)31-27(33)25-12-7-6-11-24(25)26(28(31)34)18-29-21-15-13-20(14-16-21)19(3)32/h6-18,34H,4-5H2,1-3H3. The third-order valence-electron chi connectivity index (χ3n) is 6.14. The van der Waals surface area contributed by atoms with Crippen molar-refractivity contribution in [1.29, 1.82) is 0 Å². The highest BCUT2D eigenvalue weighted by Crippen LogP contribution is 2.28. The van der Waals surface area contributed by atoms with Crippen LogP contribution in [0, 0.1) is 0 Å². The number of aromatic nitrogens is 1. The molecule has 0 aliphatic carbocycles. The smallest absolute Gasteiger partial charge is 0.265 e. The third-order valence-corrected chi connectivity index (χ3v) is 8.18. The highest BCUT2D eigenvalue weighted by molar-refractivity contribution is 7.89. The molecule has 4 aromatic rings. The van der Waals surface area contributed by atoms with Crippen LogP contribution in [0.4, 0.5) is 5.69 Å². The number of nitrogens with zero attached hydrogens (tertiary/aromatic N) is 3. The first-order chi connectivity index (χ1) is 17.7. The molecule has 0 saturated heterocycles. The predicted octanol–water partition coefficient (Wildman–Crippen LogP) is 4.68. The summed E-state index contributed by atoms with van der Waals surface area (Å²) in [7, 11) is -3.78. The second-order valence-corrected chi connectivity index (χ2v) is 10.3. The quantitative estimate of drug-likeness (QED) is 0.270. The van der Waals surface area contributed by atoms with Gasteiger partial charge in [-0.15, -0.1) is 0 Å². The first-order valence-electron chi connectivity index (χ1n) is 11.8. The normalized spacial score (nSPS) is 12.0. The van der Waals surface area contributed by atoms with E-state index in [1.807, 2.05) is 0 Å². The molecule has 37 heavy (non-hydrogen) atoms. The van der Waals surface area contributed by atoms with Crippen molar-refractivity contribution in [3.8, 4) is 11.6 Å². The van der Waals surface area contributed by atoms with E-state index in [0.717, 1.165) is 4.57 Å². The van der Waals surface area contributed by atoms with Gasteiger partial charge in [-0.05, 0) is 55.5 Å². The number of aliphatic imine (C=N–C) groups is 1. The van der Waals surface area contributed by atoms with Crippen LogP contribution >= 0.6 is 0 Å². The summed E-state index contributed by atoms with van der Waals surface area (Å²) in [6.45, 7) is 5.60. The summed E-state index contributed by atoms with van der Waals surface area (Å²) >= 11 is 0. The summed E-state index contributed by atoms with van der Waals surface area (Å²) in [4.78, 5) is 29.5. The minimum atomic E-state index is -3.78. The van der Waals surface area contributed by atoms with Crippen molar-refractivity contribution in [3.63, 3.8) is 0 Å². The molecule has 0 unspecified atom stereocenters. The molecule has 9 heteroatoms. The Morgan fingerprint density at radius 2 is 1.62 bits per heavy atom. The molecule has 0 bridgehead atoms. The Morgan fingerprint density at radius 1 is 0.973 bits per heavy atom. The molecule has 1 N–H and O–H groups in total. The molecule has 4 rings (SSSR count). The maximum Gasteiger partial charge on any atom is 0.265 e. The second-order valence-electron chi connectivity index (χ2n) is 8.37. The maximum absolute atomic E-state index is 13.5. The van der Waals surface area contributed by atoms with Gasteiger partial charge in [-0.25, -0.2) is 13.0 Å². The predicted molar refractivity (Wildman–Crippen MR) is 145 cm³/mol. The molecule has 0 aliphatic rings. The van der Waals surface area contributed by atoms with Crippen LogP contribution in [0.1, 0.15) is 36.7 Å². The van der Waals surface area contributed by atoms with Crippen molar-refractivity contribution in [2.75, 3.05) is 13.1 Å². The van der Waals surface area contributed by atoms with E-state index in [1.54, 1.807) is 68.4 Å². The zero-order valence-corrected chi connectivity index (χ0v) is 21.6. The van der Waals surface area contributed by atoms with Crippen LogP contribution in [0.25, 0.3) is 16.5 Å². The first kappa shape index (κ1) is 26.0. The molecule has 8 nitrogen and oxygen atoms in total. The largest absolute Gasteiger partial charge is 0.494 e. The monoisotopic (exact) mass is 517 g/mol. The Balaban J connectivity index is 1.89. The highest BCUT2D eigenvalue weighted by Gasteiger charge is 2.23. The van der Waals surface area contributed by atoms with E-state index in [-0.39, 0.29) is 22.2 Å². The van der Waals surface area contributed by atoms with Crippen LogP contribution in [0.15, 0.2) is 87.5 Å². The zero-order valence-electron chi connectivity index (χ0n) is 20.7. The molecular formula is C28H27N3O5S. The minimum absolute atomic E-state index is 0.0222. The summed E-state index contributed by atoms with van der Waals surface area (Å²) in [5.41, 5.74) is 1.12. The summed E-state index contributed by atoms with van der Waals surface area (Å²) < 4.78 is 28.6. The van der Waals surface area contributed by atoms with E-state index >= 15 is 0 Å². The summed E-state index contributed by atoms with van der Waals surface area (Å²) in [5, 5.41) is 12.1. The number of Topliss-reactive ketones (excluding diaryl/α,β-unsaturated/α-hetero) is 1. The highest BCUT2D eigenvalue weighted by atomic mass is 32.2. The lowest BCUT2D eigenvalue weighted by molar-refractivity contribution is 0.101. The fraction of sp³-hybridized carbons (Fsp3) is 0.179. The van der Waals surface area contributed by atoms with E-state index in [9.17, 15) is 23.1 Å². The number of fused-ring (bicyclic) bond motifs is 1. The maximum atomic E-state index is 13.5. The van der Waals surface area contributed by atoms with E-state index < -0.39 is 15.6 Å². The summed E-state index contributed by atoms with van der Waals surface area (Å²) in [6.07, 6.45) is 1.45. The van der Waals surface area contributed by atoms with Gasteiger partial charge in [-0.2, -0.15) is 4.31 Å².